The number of hydrogen-bond donors (Lipinski definition) is 0. The van der Waals surface area contributed by atoms with Gasteiger partial charge in [0.15, 0.2) is 5.65 Å². The SMILES string of the molecule is COc1ccn2c(CCN3CCN(C)CC3)nnc2c1. The second-order valence-electron chi connectivity index (χ2n) is 5.31. The van der Waals surface area contributed by atoms with Gasteiger partial charge in [-0.25, -0.2) is 0 Å². The van der Waals surface area contributed by atoms with E-state index in [9.17, 15) is 0 Å². The molecule has 6 nitrogen and oxygen atoms in total. The molecule has 0 radical (unpaired) electrons. The number of methoxy groups -OCH3 is 1. The van der Waals surface area contributed by atoms with Gasteiger partial charge >= 0.3 is 0 Å². The lowest BCUT2D eigenvalue weighted by Gasteiger charge is -2.32. The van der Waals surface area contributed by atoms with Gasteiger partial charge in [0.1, 0.15) is 11.6 Å². The predicted molar refractivity (Wildman–Crippen MR) is 77.2 cm³/mol. The molecule has 1 aliphatic heterocycles. The lowest BCUT2D eigenvalue weighted by atomic mass is 10.3. The van der Waals surface area contributed by atoms with Gasteiger partial charge in [-0.05, 0) is 13.1 Å². The first-order chi connectivity index (χ1) is 9.76. The summed E-state index contributed by atoms with van der Waals surface area (Å²) in [4.78, 5) is 4.86. The van der Waals surface area contributed by atoms with Gasteiger partial charge < -0.3 is 14.5 Å². The fraction of sp³-hybridized carbons (Fsp3) is 0.571. The van der Waals surface area contributed by atoms with Crippen molar-refractivity contribution >= 4 is 5.65 Å². The maximum atomic E-state index is 5.20. The number of rotatable bonds is 4. The molecule has 0 amide bonds. The molecule has 0 spiro atoms. The van der Waals surface area contributed by atoms with E-state index in [1.54, 1.807) is 7.11 Å². The Kier molecular flexibility index (Phi) is 3.84. The normalized spacial score (nSPS) is 17.7. The number of likely N-dealkylation sites (N-methyl/N-ethyl adjacent to an activating group) is 1. The Morgan fingerprint density at radius 2 is 2.00 bits per heavy atom. The summed E-state index contributed by atoms with van der Waals surface area (Å²) in [6.45, 7) is 5.62. The van der Waals surface area contributed by atoms with E-state index in [4.69, 9.17) is 4.74 Å². The summed E-state index contributed by atoms with van der Waals surface area (Å²) >= 11 is 0. The Bertz CT molecular complexity index is 574. The van der Waals surface area contributed by atoms with Crippen molar-refractivity contribution in [3.05, 3.63) is 24.2 Å². The van der Waals surface area contributed by atoms with Crippen LogP contribution in [0.15, 0.2) is 18.3 Å². The molecule has 2 aromatic heterocycles. The first kappa shape index (κ1) is 13.3. The van der Waals surface area contributed by atoms with Gasteiger partial charge in [-0.1, -0.05) is 0 Å². The molecule has 20 heavy (non-hydrogen) atoms. The molecule has 108 valence electrons. The van der Waals surface area contributed by atoms with E-state index in [0.717, 1.165) is 56.4 Å². The Labute approximate surface area is 119 Å². The van der Waals surface area contributed by atoms with Crippen molar-refractivity contribution in [3.63, 3.8) is 0 Å². The first-order valence-corrected chi connectivity index (χ1v) is 7.05. The maximum Gasteiger partial charge on any atom is 0.164 e. The predicted octanol–water partition coefficient (Wildman–Crippen LogP) is 0.528. The average Bonchev–Trinajstić information content (AvgIpc) is 2.89. The van der Waals surface area contributed by atoms with E-state index in [-0.39, 0.29) is 0 Å². The number of piperazine rings is 1. The fourth-order valence-electron chi connectivity index (χ4n) is 2.55. The molecular formula is C14H21N5O. The number of ether oxygens (including phenoxy) is 1. The Morgan fingerprint density at radius 3 is 2.75 bits per heavy atom. The molecule has 2 aromatic rings. The highest BCUT2D eigenvalue weighted by Crippen LogP contribution is 2.14. The van der Waals surface area contributed by atoms with Crippen LogP contribution >= 0.6 is 0 Å². The highest BCUT2D eigenvalue weighted by molar-refractivity contribution is 5.44. The number of fused-ring (bicyclic) bond motifs is 1. The van der Waals surface area contributed by atoms with Crippen molar-refractivity contribution in [1.29, 1.82) is 0 Å². The Balaban J connectivity index is 1.65. The zero-order valence-electron chi connectivity index (χ0n) is 12.1. The van der Waals surface area contributed by atoms with Gasteiger partial charge in [0.05, 0.1) is 7.11 Å². The summed E-state index contributed by atoms with van der Waals surface area (Å²) in [5, 5.41) is 8.50. The summed E-state index contributed by atoms with van der Waals surface area (Å²) in [6, 6.07) is 3.85. The van der Waals surface area contributed by atoms with E-state index in [2.05, 4.69) is 27.0 Å². The third-order valence-electron chi connectivity index (χ3n) is 3.94. The van der Waals surface area contributed by atoms with E-state index < -0.39 is 0 Å². The lowest BCUT2D eigenvalue weighted by Crippen LogP contribution is -2.45. The molecule has 1 aliphatic rings. The first-order valence-electron chi connectivity index (χ1n) is 7.05. The molecule has 1 fully saturated rings. The topological polar surface area (TPSA) is 45.9 Å². The van der Waals surface area contributed by atoms with Gasteiger partial charge in [-0.3, -0.25) is 4.40 Å². The van der Waals surface area contributed by atoms with E-state index in [1.807, 2.05) is 22.7 Å². The second kappa shape index (κ2) is 5.76. The van der Waals surface area contributed by atoms with Crippen LogP contribution < -0.4 is 4.74 Å². The zero-order valence-corrected chi connectivity index (χ0v) is 12.1. The van der Waals surface area contributed by atoms with Crippen LogP contribution in [0.2, 0.25) is 0 Å². The highest BCUT2D eigenvalue weighted by atomic mass is 16.5. The molecule has 6 heteroatoms. The van der Waals surface area contributed by atoms with Crippen LogP contribution in [0, 0.1) is 0 Å². The highest BCUT2D eigenvalue weighted by Gasteiger charge is 2.14. The van der Waals surface area contributed by atoms with E-state index in [1.165, 1.54) is 0 Å². The summed E-state index contributed by atoms with van der Waals surface area (Å²) in [5.74, 6) is 1.83. The van der Waals surface area contributed by atoms with Crippen LogP contribution in [-0.2, 0) is 6.42 Å². The van der Waals surface area contributed by atoms with Gasteiger partial charge in [-0.15, -0.1) is 10.2 Å². The monoisotopic (exact) mass is 275 g/mol. The maximum absolute atomic E-state index is 5.20. The van der Waals surface area contributed by atoms with Crippen molar-refractivity contribution in [2.45, 2.75) is 6.42 Å². The fourth-order valence-corrected chi connectivity index (χ4v) is 2.55. The van der Waals surface area contributed by atoms with Crippen LogP contribution in [0.25, 0.3) is 5.65 Å². The number of nitrogens with zero attached hydrogens (tertiary/aromatic N) is 5. The van der Waals surface area contributed by atoms with E-state index in [0.29, 0.717) is 0 Å². The van der Waals surface area contributed by atoms with Crippen molar-refractivity contribution in [3.8, 4) is 5.75 Å². The minimum Gasteiger partial charge on any atom is -0.497 e. The van der Waals surface area contributed by atoms with Crippen molar-refractivity contribution in [2.24, 2.45) is 0 Å². The molecule has 0 aromatic carbocycles. The van der Waals surface area contributed by atoms with Crippen LogP contribution in [0.1, 0.15) is 5.82 Å². The molecule has 1 saturated heterocycles. The molecule has 0 aliphatic carbocycles. The van der Waals surface area contributed by atoms with Crippen LogP contribution in [-0.4, -0.2) is 71.3 Å². The van der Waals surface area contributed by atoms with Crippen LogP contribution in [0.5, 0.6) is 5.75 Å². The van der Waals surface area contributed by atoms with Crippen LogP contribution in [0.3, 0.4) is 0 Å². The summed E-state index contributed by atoms with van der Waals surface area (Å²) in [6.07, 6.45) is 2.91. The third-order valence-corrected chi connectivity index (χ3v) is 3.94. The molecule has 0 unspecified atom stereocenters. The van der Waals surface area contributed by atoms with Crippen molar-refractivity contribution < 1.29 is 4.74 Å². The molecule has 0 N–H and O–H groups in total. The van der Waals surface area contributed by atoms with Crippen molar-refractivity contribution in [1.82, 2.24) is 24.4 Å². The number of pyridine rings is 1. The zero-order chi connectivity index (χ0) is 13.9. The molecular weight excluding hydrogens is 254 g/mol. The quantitative estimate of drug-likeness (QED) is 0.814. The van der Waals surface area contributed by atoms with Crippen molar-refractivity contribution in [2.75, 3.05) is 46.9 Å². The minimum absolute atomic E-state index is 0.815. The molecule has 0 saturated carbocycles. The van der Waals surface area contributed by atoms with Gasteiger partial charge in [0.25, 0.3) is 0 Å². The summed E-state index contributed by atoms with van der Waals surface area (Å²) in [5.41, 5.74) is 0.845. The largest absolute Gasteiger partial charge is 0.497 e. The molecule has 3 heterocycles. The van der Waals surface area contributed by atoms with Gasteiger partial charge in [0, 0.05) is 51.4 Å². The average molecular weight is 275 g/mol. The standard InChI is InChI=1S/C14H21N5O/c1-17-7-9-18(10-8-17)5-4-13-15-16-14-11-12(20-2)3-6-19(13)14/h3,6,11H,4-5,7-10H2,1-2H3. The minimum atomic E-state index is 0.815. The molecule has 0 atom stereocenters. The Morgan fingerprint density at radius 1 is 1.20 bits per heavy atom. The van der Waals surface area contributed by atoms with Crippen LogP contribution in [0.4, 0.5) is 0 Å². The van der Waals surface area contributed by atoms with Gasteiger partial charge in [-0.2, -0.15) is 0 Å². The van der Waals surface area contributed by atoms with E-state index >= 15 is 0 Å². The number of hydrogen-bond acceptors (Lipinski definition) is 5. The lowest BCUT2D eigenvalue weighted by molar-refractivity contribution is 0.155. The Hall–Kier alpha value is -1.66. The summed E-state index contributed by atoms with van der Waals surface area (Å²) in [7, 11) is 3.84. The summed E-state index contributed by atoms with van der Waals surface area (Å²) < 4.78 is 7.24. The molecule has 3 rings (SSSR count). The van der Waals surface area contributed by atoms with Gasteiger partial charge in [0.2, 0.25) is 0 Å². The number of aromatic nitrogens is 3. The second-order valence-corrected chi connectivity index (χ2v) is 5.31. The smallest absolute Gasteiger partial charge is 0.164 e. The molecule has 0 bridgehead atoms. The third kappa shape index (κ3) is 2.76.